The number of aryl methyl sites for hydroxylation is 2. The molecule has 2 unspecified atom stereocenters. The zero-order valence-electron chi connectivity index (χ0n) is 15.8. The van der Waals surface area contributed by atoms with E-state index >= 15 is 0 Å². The van der Waals surface area contributed by atoms with E-state index in [1.165, 1.54) is 11.1 Å². The fourth-order valence-electron chi connectivity index (χ4n) is 5.30. The Morgan fingerprint density at radius 2 is 2.11 bits per heavy atom. The van der Waals surface area contributed by atoms with E-state index in [1.807, 2.05) is 24.0 Å². The van der Waals surface area contributed by atoms with Crippen molar-refractivity contribution in [1.82, 2.24) is 15.1 Å². The molecule has 0 saturated carbocycles. The van der Waals surface area contributed by atoms with Crippen LogP contribution in [0.2, 0.25) is 0 Å². The van der Waals surface area contributed by atoms with E-state index in [0.29, 0.717) is 6.54 Å². The molecule has 2 N–H and O–H groups in total. The number of nitrogens with zero attached hydrogens (tertiary/aromatic N) is 2. The molecule has 28 heavy (non-hydrogen) atoms. The fourth-order valence-corrected chi connectivity index (χ4v) is 5.30. The molecule has 6 rings (SSSR count). The molecular formula is C22H20N4O2. The third-order valence-corrected chi connectivity index (χ3v) is 6.47. The number of aromatic nitrogens is 2. The lowest BCUT2D eigenvalue weighted by Crippen LogP contribution is -2.20. The summed E-state index contributed by atoms with van der Waals surface area (Å²) in [5.41, 5.74) is 9.36. The van der Waals surface area contributed by atoms with Gasteiger partial charge in [-0.15, -0.1) is 0 Å². The topological polar surface area (TPSA) is 76.0 Å². The van der Waals surface area contributed by atoms with Crippen LogP contribution in [-0.4, -0.2) is 27.5 Å². The van der Waals surface area contributed by atoms with Crippen molar-refractivity contribution >= 4 is 17.4 Å². The van der Waals surface area contributed by atoms with Crippen LogP contribution in [0.3, 0.4) is 0 Å². The van der Waals surface area contributed by atoms with Gasteiger partial charge in [0.2, 0.25) is 0 Å². The maximum Gasteiger partial charge on any atom is 0.252 e. The lowest BCUT2D eigenvalue weighted by Gasteiger charge is -2.23. The molecule has 0 radical (unpaired) electrons. The largest absolute Gasteiger partial charge is 0.377 e. The van der Waals surface area contributed by atoms with Crippen LogP contribution in [-0.2, 0) is 31.2 Å². The Balaban J connectivity index is 1.65. The SMILES string of the molecule is CC(=O)C1=CC2c3c4c(c5c(c3NC2C=C1)CCc1nn(C)cc1-5)C(=O)NC4. The van der Waals surface area contributed by atoms with Gasteiger partial charge in [0.05, 0.1) is 17.3 Å². The number of carbonyl (C=O) groups excluding carboxylic acids is 2. The third kappa shape index (κ3) is 1.90. The minimum Gasteiger partial charge on any atom is -0.377 e. The molecule has 2 aliphatic heterocycles. The number of fused-ring (bicyclic) bond motifs is 10. The average Bonchev–Trinajstić information content (AvgIpc) is 3.34. The van der Waals surface area contributed by atoms with Gasteiger partial charge in [-0.05, 0) is 36.5 Å². The molecule has 0 fully saturated rings. The number of Topliss-reactive ketones (excluding diaryl/α,β-unsaturated/α-hetero) is 1. The summed E-state index contributed by atoms with van der Waals surface area (Å²) >= 11 is 0. The van der Waals surface area contributed by atoms with Gasteiger partial charge in [-0.3, -0.25) is 14.3 Å². The van der Waals surface area contributed by atoms with Crippen molar-refractivity contribution in [3.63, 3.8) is 0 Å². The second kappa shape index (κ2) is 5.22. The number of benzene rings is 1. The van der Waals surface area contributed by atoms with Crippen LogP contribution in [0.4, 0.5) is 5.69 Å². The van der Waals surface area contributed by atoms with Gasteiger partial charge >= 0.3 is 0 Å². The van der Waals surface area contributed by atoms with Gasteiger partial charge < -0.3 is 10.6 Å². The van der Waals surface area contributed by atoms with E-state index < -0.39 is 0 Å². The smallest absolute Gasteiger partial charge is 0.252 e. The average molecular weight is 372 g/mol. The summed E-state index contributed by atoms with van der Waals surface area (Å²) < 4.78 is 1.84. The van der Waals surface area contributed by atoms with Gasteiger partial charge in [-0.1, -0.05) is 18.2 Å². The van der Waals surface area contributed by atoms with Crippen LogP contribution >= 0.6 is 0 Å². The highest BCUT2D eigenvalue weighted by Crippen LogP contribution is 2.51. The molecule has 1 aromatic carbocycles. The highest BCUT2D eigenvalue weighted by atomic mass is 16.2. The van der Waals surface area contributed by atoms with E-state index in [-0.39, 0.29) is 23.7 Å². The molecule has 4 aliphatic rings. The molecule has 6 nitrogen and oxygen atoms in total. The molecule has 2 aliphatic carbocycles. The van der Waals surface area contributed by atoms with Gasteiger partial charge in [-0.2, -0.15) is 5.10 Å². The van der Waals surface area contributed by atoms with Crippen molar-refractivity contribution < 1.29 is 9.59 Å². The Morgan fingerprint density at radius 1 is 1.25 bits per heavy atom. The fraction of sp³-hybridized carbons (Fsp3) is 0.318. The summed E-state index contributed by atoms with van der Waals surface area (Å²) in [5, 5.41) is 11.3. The van der Waals surface area contributed by atoms with Crippen LogP contribution in [0.15, 0.2) is 30.0 Å². The van der Waals surface area contributed by atoms with Crippen molar-refractivity contribution in [2.45, 2.75) is 38.3 Å². The molecule has 0 spiro atoms. The maximum atomic E-state index is 12.8. The Morgan fingerprint density at radius 3 is 2.93 bits per heavy atom. The number of amides is 1. The first-order chi connectivity index (χ1) is 13.5. The number of nitrogens with one attached hydrogen (secondary N) is 2. The second-order valence-corrected chi connectivity index (χ2v) is 8.07. The number of hydrogen-bond donors (Lipinski definition) is 2. The normalized spacial score (nSPS) is 23.1. The first kappa shape index (κ1) is 15.9. The number of anilines is 1. The molecule has 0 saturated heterocycles. The predicted octanol–water partition coefficient (Wildman–Crippen LogP) is 2.39. The quantitative estimate of drug-likeness (QED) is 0.806. The zero-order chi connectivity index (χ0) is 19.2. The van der Waals surface area contributed by atoms with Crippen molar-refractivity contribution in [1.29, 1.82) is 0 Å². The van der Waals surface area contributed by atoms with Crippen molar-refractivity contribution in [2.24, 2.45) is 7.05 Å². The summed E-state index contributed by atoms with van der Waals surface area (Å²) in [6, 6.07) is 0.125. The van der Waals surface area contributed by atoms with E-state index in [9.17, 15) is 9.59 Å². The minimum absolute atomic E-state index is 0.00340. The molecule has 6 heteroatoms. The van der Waals surface area contributed by atoms with Crippen LogP contribution in [0.5, 0.6) is 0 Å². The molecule has 1 amide bonds. The van der Waals surface area contributed by atoms with E-state index in [2.05, 4.69) is 27.9 Å². The highest BCUT2D eigenvalue weighted by molar-refractivity contribution is 6.08. The van der Waals surface area contributed by atoms with Crippen LogP contribution < -0.4 is 10.6 Å². The number of allylic oxidation sites excluding steroid dienone is 2. The van der Waals surface area contributed by atoms with E-state index in [1.54, 1.807) is 6.92 Å². The predicted molar refractivity (Wildman–Crippen MR) is 105 cm³/mol. The van der Waals surface area contributed by atoms with Gasteiger partial charge in [0, 0.05) is 48.1 Å². The van der Waals surface area contributed by atoms with Gasteiger partial charge in [0.25, 0.3) is 5.91 Å². The summed E-state index contributed by atoms with van der Waals surface area (Å²) in [5.74, 6) is 0.157. The number of ketones is 1. The first-order valence-electron chi connectivity index (χ1n) is 9.73. The Kier molecular flexibility index (Phi) is 2.96. The summed E-state index contributed by atoms with van der Waals surface area (Å²) in [6.07, 6.45) is 9.83. The zero-order valence-corrected chi connectivity index (χ0v) is 15.8. The van der Waals surface area contributed by atoms with Crippen LogP contribution in [0, 0.1) is 0 Å². The summed E-state index contributed by atoms with van der Waals surface area (Å²) in [4.78, 5) is 24.8. The number of rotatable bonds is 1. The van der Waals surface area contributed by atoms with Crippen molar-refractivity contribution in [3.05, 3.63) is 57.9 Å². The Labute approximate surface area is 162 Å². The minimum atomic E-state index is -0.00340. The van der Waals surface area contributed by atoms with Crippen molar-refractivity contribution in [3.8, 4) is 11.1 Å². The molecule has 2 atom stereocenters. The Hall–Kier alpha value is -3.15. The lowest BCUT2D eigenvalue weighted by molar-refractivity contribution is -0.113. The van der Waals surface area contributed by atoms with Crippen LogP contribution in [0.1, 0.15) is 45.6 Å². The van der Waals surface area contributed by atoms with Crippen LogP contribution in [0.25, 0.3) is 11.1 Å². The highest BCUT2D eigenvalue weighted by Gasteiger charge is 2.42. The molecule has 1 aromatic heterocycles. The third-order valence-electron chi connectivity index (χ3n) is 6.47. The monoisotopic (exact) mass is 372 g/mol. The van der Waals surface area contributed by atoms with Gasteiger partial charge in [0.1, 0.15) is 0 Å². The number of carbonyl (C=O) groups is 2. The first-order valence-corrected chi connectivity index (χ1v) is 9.73. The van der Waals surface area contributed by atoms with Crippen molar-refractivity contribution in [2.75, 3.05) is 5.32 Å². The maximum absolute atomic E-state index is 12.8. The molecule has 140 valence electrons. The Bertz CT molecular complexity index is 1170. The second-order valence-electron chi connectivity index (χ2n) is 8.07. The molecule has 2 aromatic rings. The summed E-state index contributed by atoms with van der Waals surface area (Å²) in [7, 11) is 1.93. The van der Waals surface area contributed by atoms with Gasteiger partial charge in [-0.25, -0.2) is 0 Å². The number of hydrogen-bond acceptors (Lipinski definition) is 4. The van der Waals surface area contributed by atoms with Gasteiger partial charge in [0.15, 0.2) is 5.78 Å². The standard InChI is InChI=1S/C22H20N4O2/c1-10(27)11-3-5-16-13(7-11)19-14-8-23-22(28)20(14)18-12(21(19)24-16)4-6-17-15(18)9-26(2)25-17/h3,5,7,9,13,16,24H,4,6,8H2,1-2H3,(H,23,28). The summed E-state index contributed by atoms with van der Waals surface area (Å²) in [6.45, 7) is 2.14. The molecular weight excluding hydrogens is 352 g/mol. The van der Waals surface area contributed by atoms with E-state index in [0.717, 1.165) is 52.0 Å². The molecule has 3 heterocycles. The lowest BCUT2D eigenvalue weighted by atomic mass is 9.78. The molecule has 0 bridgehead atoms. The van der Waals surface area contributed by atoms with E-state index in [4.69, 9.17) is 0 Å².